The molecule has 2 heterocycles. The molecule has 0 saturated carbocycles. The van der Waals surface area contributed by atoms with Gasteiger partial charge in [-0.25, -0.2) is 9.78 Å². The predicted octanol–water partition coefficient (Wildman–Crippen LogP) is -0.279. The normalized spacial score (nSPS) is 10.9. The standard InChI is InChI=1S/C7H7ClN4O2/c8-2-1-3-9-4-5(10-3)11-7(14)12-6(4)13/h1-2H2,(H3,9,10,11,12,13,14). The first kappa shape index (κ1) is 9.01. The van der Waals surface area contributed by atoms with Gasteiger partial charge in [0.05, 0.1) is 0 Å². The fourth-order valence-corrected chi connectivity index (χ4v) is 1.37. The maximum absolute atomic E-state index is 11.2. The van der Waals surface area contributed by atoms with Crippen molar-refractivity contribution >= 4 is 22.8 Å². The van der Waals surface area contributed by atoms with Crippen LogP contribution in [-0.2, 0) is 6.42 Å². The average molecular weight is 215 g/mol. The lowest BCUT2D eigenvalue weighted by atomic mass is 10.5. The van der Waals surface area contributed by atoms with Crippen LogP contribution in [0.1, 0.15) is 5.82 Å². The van der Waals surface area contributed by atoms with Gasteiger partial charge in [-0.1, -0.05) is 0 Å². The Balaban J connectivity index is 2.71. The Labute approximate surface area is 82.3 Å². The topological polar surface area (TPSA) is 94.4 Å². The van der Waals surface area contributed by atoms with Crippen molar-refractivity contribution in [1.82, 2.24) is 19.9 Å². The van der Waals surface area contributed by atoms with Crippen LogP contribution in [0.3, 0.4) is 0 Å². The van der Waals surface area contributed by atoms with Gasteiger partial charge in [0, 0.05) is 12.3 Å². The van der Waals surface area contributed by atoms with Crippen molar-refractivity contribution in [3.05, 3.63) is 26.7 Å². The second-order valence-corrected chi connectivity index (χ2v) is 3.13. The number of aromatic nitrogens is 4. The zero-order chi connectivity index (χ0) is 10.1. The number of aryl methyl sites for hydroxylation is 1. The van der Waals surface area contributed by atoms with E-state index in [1.54, 1.807) is 0 Å². The van der Waals surface area contributed by atoms with E-state index in [-0.39, 0.29) is 11.2 Å². The Morgan fingerprint density at radius 2 is 2.00 bits per heavy atom. The second-order valence-electron chi connectivity index (χ2n) is 2.75. The number of nitrogens with one attached hydrogen (secondary N) is 3. The second kappa shape index (κ2) is 3.30. The molecule has 0 atom stereocenters. The number of hydrogen-bond acceptors (Lipinski definition) is 3. The van der Waals surface area contributed by atoms with E-state index in [0.717, 1.165) is 0 Å². The molecule has 0 spiro atoms. The molecule has 3 N–H and O–H groups in total. The fourth-order valence-electron chi connectivity index (χ4n) is 1.19. The Hall–Kier alpha value is -1.56. The van der Waals surface area contributed by atoms with Gasteiger partial charge in [-0.05, 0) is 0 Å². The minimum absolute atomic E-state index is 0.263. The van der Waals surface area contributed by atoms with Crippen LogP contribution in [0.25, 0.3) is 11.2 Å². The van der Waals surface area contributed by atoms with Crippen molar-refractivity contribution in [2.45, 2.75) is 6.42 Å². The number of imidazole rings is 1. The van der Waals surface area contributed by atoms with Gasteiger partial charge in [0.2, 0.25) is 0 Å². The van der Waals surface area contributed by atoms with Crippen LogP contribution in [0.2, 0.25) is 0 Å². The van der Waals surface area contributed by atoms with Gasteiger partial charge in [-0.2, -0.15) is 0 Å². The molecule has 2 aromatic rings. The summed E-state index contributed by atoms with van der Waals surface area (Å²) in [7, 11) is 0. The molecule has 0 aliphatic rings. The first-order chi connectivity index (χ1) is 6.70. The van der Waals surface area contributed by atoms with Gasteiger partial charge >= 0.3 is 5.69 Å². The molecule has 0 saturated heterocycles. The minimum atomic E-state index is -0.563. The number of aromatic amines is 3. The monoisotopic (exact) mass is 214 g/mol. The van der Waals surface area contributed by atoms with E-state index in [2.05, 4.69) is 19.9 Å². The summed E-state index contributed by atoms with van der Waals surface area (Å²) in [6.45, 7) is 0. The van der Waals surface area contributed by atoms with Gasteiger partial charge in [0.25, 0.3) is 5.56 Å². The molecule has 0 aliphatic carbocycles. The van der Waals surface area contributed by atoms with E-state index in [4.69, 9.17) is 11.6 Å². The molecule has 74 valence electrons. The van der Waals surface area contributed by atoms with Crippen molar-refractivity contribution in [3.8, 4) is 0 Å². The van der Waals surface area contributed by atoms with E-state index in [9.17, 15) is 9.59 Å². The first-order valence-electron chi connectivity index (χ1n) is 3.98. The highest BCUT2D eigenvalue weighted by molar-refractivity contribution is 6.17. The molecule has 0 bridgehead atoms. The van der Waals surface area contributed by atoms with Crippen molar-refractivity contribution in [3.63, 3.8) is 0 Å². The summed E-state index contributed by atoms with van der Waals surface area (Å²) in [6, 6.07) is 0. The van der Waals surface area contributed by atoms with Gasteiger partial charge in [-0.3, -0.25) is 14.8 Å². The summed E-state index contributed by atoms with van der Waals surface area (Å²) in [5, 5.41) is 0. The lowest BCUT2D eigenvalue weighted by Gasteiger charge is -1.85. The van der Waals surface area contributed by atoms with Crippen LogP contribution in [0, 0.1) is 0 Å². The predicted molar refractivity (Wildman–Crippen MR) is 51.8 cm³/mol. The Kier molecular flexibility index (Phi) is 2.12. The highest BCUT2D eigenvalue weighted by Gasteiger charge is 2.06. The number of nitrogens with zero attached hydrogens (tertiary/aromatic N) is 1. The van der Waals surface area contributed by atoms with Gasteiger partial charge in [0.1, 0.15) is 11.3 Å². The largest absolute Gasteiger partial charge is 0.336 e. The molecule has 2 rings (SSSR count). The third kappa shape index (κ3) is 1.44. The average Bonchev–Trinajstić information content (AvgIpc) is 2.48. The van der Waals surface area contributed by atoms with Crippen molar-refractivity contribution in [2.24, 2.45) is 0 Å². The van der Waals surface area contributed by atoms with Gasteiger partial charge in [-0.15, -0.1) is 11.6 Å². The van der Waals surface area contributed by atoms with E-state index in [1.807, 2.05) is 0 Å². The van der Waals surface area contributed by atoms with Crippen LogP contribution in [0.4, 0.5) is 0 Å². The van der Waals surface area contributed by atoms with Crippen LogP contribution in [0.5, 0.6) is 0 Å². The van der Waals surface area contributed by atoms with Crippen LogP contribution in [0.15, 0.2) is 9.59 Å². The summed E-state index contributed by atoms with van der Waals surface area (Å²) >= 11 is 5.52. The molecular weight excluding hydrogens is 208 g/mol. The van der Waals surface area contributed by atoms with Gasteiger partial charge < -0.3 is 4.98 Å². The Morgan fingerprint density at radius 1 is 1.21 bits per heavy atom. The first-order valence-corrected chi connectivity index (χ1v) is 4.51. The van der Waals surface area contributed by atoms with Crippen molar-refractivity contribution in [1.29, 1.82) is 0 Å². The van der Waals surface area contributed by atoms with Crippen molar-refractivity contribution in [2.75, 3.05) is 5.88 Å². The molecule has 0 radical (unpaired) electrons. The molecule has 0 unspecified atom stereocenters. The maximum atomic E-state index is 11.2. The number of H-pyrrole nitrogens is 3. The smallest absolute Gasteiger partial charge is 0.327 e. The molecule has 0 fully saturated rings. The van der Waals surface area contributed by atoms with E-state index >= 15 is 0 Å². The SMILES string of the molecule is O=c1[nH]c(=O)c2[nH]c(CCCl)nc2[nH]1. The zero-order valence-electron chi connectivity index (χ0n) is 7.06. The summed E-state index contributed by atoms with van der Waals surface area (Å²) in [5.74, 6) is 0.990. The lowest BCUT2D eigenvalue weighted by molar-refractivity contribution is 1.00. The molecule has 14 heavy (non-hydrogen) atoms. The molecule has 0 amide bonds. The highest BCUT2D eigenvalue weighted by atomic mass is 35.5. The van der Waals surface area contributed by atoms with Crippen molar-refractivity contribution < 1.29 is 0 Å². The van der Waals surface area contributed by atoms with Crippen LogP contribution >= 0.6 is 11.6 Å². The quantitative estimate of drug-likeness (QED) is 0.600. The number of alkyl halides is 1. The van der Waals surface area contributed by atoms with Crippen LogP contribution < -0.4 is 11.2 Å². The number of rotatable bonds is 2. The van der Waals surface area contributed by atoms with Crippen LogP contribution in [-0.4, -0.2) is 25.8 Å². The van der Waals surface area contributed by atoms with E-state index < -0.39 is 11.2 Å². The third-order valence-electron chi connectivity index (χ3n) is 1.77. The summed E-state index contributed by atoms with van der Waals surface area (Å²) in [4.78, 5) is 33.4. The Bertz CT molecular complexity index is 567. The lowest BCUT2D eigenvalue weighted by Crippen LogP contribution is -2.21. The molecular formula is C7H7ClN4O2. The number of halogens is 1. The summed E-state index contributed by atoms with van der Waals surface area (Å²) in [6.07, 6.45) is 0.526. The molecule has 6 nitrogen and oxygen atoms in total. The molecule has 2 aromatic heterocycles. The van der Waals surface area contributed by atoms with E-state index in [1.165, 1.54) is 0 Å². The fraction of sp³-hybridized carbons (Fsp3) is 0.286. The summed E-state index contributed by atoms with van der Waals surface area (Å²) < 4.78 is 0. The molecule has 7 heteroatoms. The number of fused-ring (bicyclic) bond motifs is 1. The van der Waals surface area contributed by atoms with E-state index in [0.29, 0.717) is 18.1 Å². The minimum Gasteiger partial charge on any atom is -0.336 e. The number of hydrogen-bond donors (Lipinski definition) is 3. The maximum Gasteiger partial charge on any atom is 0.327 e. The molecule has 0 aromatic carbocycles. The summed E-state index contributed by atoms with van der Waals surface area (Å²) in [5.41, 5.74) is -0.507. The zero-order valence-corrected chi connectivity index (χ0v) is 7.81. The van der Waals surface area contributed by atoms with Gasteiger partial charge in [0.15, 0.2) is 5.65 Å². The third-order valence-corrected chi connectivity index (χ3v) is 1.96. The Morgan fingerprint density at radius 3 is 2.71 bits per heavy atom. The molecule has 0 aliphatic heterocycles. The highest BCUT2D eigenvalue weighted by Crippen LogP contribution is 2.02.